The molecule has 3 heteroatoms. The minimum absolute atomic E-state index is 0.0330. The molecule has 2 rings (SSSR count). The lowest BCUT2D eigenvalue weighted by atomic mass is 10.1. The third-order valence-corrected chi connectivity index (χ3v) is 2.58. The maximum absolute atomic E-state index is 11.9. The first-order valence-corrected chi connectivity index (χ1v) is 5.53. The molecule has 0 atom stereocenters. The summed E-state index contributed by atoms with van der Waals surface area (Å²) in [6, 6.07) is 3.88. The van der Waals surface area contributed by atoms with Crippen LogP contribution in [0.25, 0.3) is 10.8 Å². The van der Waals surface area contributed by atoms with Gasteiger partial charge in [0.05, 0.1) is 11.1 Å². The smallest absolute Gasteiger partial charge is 0.260 e. The van der Waals surface area contributed by atoms with Gasteiger partial charge in [-0.1, -0.05) is 13.8 Å². The van der Waals surface area contributed by atoms with E-state index in [1.54, 1.807) is 17.8 Å². The van der Waals surface area contributed by atoms with Gasteiger partial charge in [0.15, 0.2) is 0 Å². The van der Waals surface area contributed by atoms with Crippen molar-refractivity contribution in [3.05, 3.63) is 40.1 Å². The Morgan fingerprint density at radius 1 is 1.25 bits per heavy atom. The van der Waals surface area contributed by atoms with Crippen LogP contribution in [0.1, 0.15) is 25.2 Å². The summed E-state index contributed by atoms with van der Waals surface area (Å²) in [5.74, 6) is 0. The standard InChI is InChI=1S/C11H12N2O.C2H6/c1-7-6-9-4-5-12-8(2)10(9)11(14)13(7)3;1-2/h4-6H,1-3H3;1-2H3. The highest BCUT2D eigenvalue weighted by molar-refractivity contribution is 5.83. The van der Waals surface area contributed by atoms with Crippen molar-refractivity contribution in [2.24, 2.45) is 7.05 Å². The van der Waals surface area contributed by atoms with E-state index in [-0.39, 0.29) is 5.56 Å². The Hall–Kier alpha value is -1.64. The van der Waals surface area contributed by atoms with E-state index >= 15 is 0 Å². The molecule has 3 nitrogen and oxygen atoms in total. The summed E-state index contributed by atoms with van der Waals surface area (Å²) in [7, 11) is 1.78. The molecule has 0 fully saturated rings. The summed E-state index contributed by atoms with van der Waals surface area (Å²) in [5.41, 5.74) is 1.79. The molecule has 2 heterocycles. The molecule has 16 heavy (non-hydrogen) atoms. The predicted octanol–water partition coefficient (Wildman–Crippen LogP) is 2.58. The number of nitrogens with zero attached hydrogens (tertiary/aromatic N) is 2. The Bertz CT molecular complexity index is 556. The van der Waals surface area contributed by atoms with Gasteiger partial charge in [-0.3, -0.25) is 9.78 Å². The Labute approximate surface area is 95.8 Å². The first kappa shape index (κ1) is 12.4. The number of aromatic nitrogens is 2. The second kappa shape index (κ2) is 4.92. The zero-order valence-electron chi connectivity index (χ0n) is 10.5. The number of pyridine rings is 2. The average Bonchev–Trinajstić information content (AvgIpc) is 2.28. The quantitative estimate of drug-likeness (QED) is 0.681. The Morgan fingerprint density at radius 3 is 2.50 bits per heavy atom. The summed E-state index contributed by atoms with van der Waals surface area (Å²) in [4.78, 5) is 16.0. The molecule has 0 amide bonds. The lowest BCUT2D eigenvalue weighted by Gasteiger charge is -2.06. The highest BCUT2D eigenvalue weighted by Crippen LogP contribution is 2.12. The van der Waals surface area contributed by atoms with Crippen LogP contribution in [0.15, 0.2) is 23.1 Å². The van der Waals surface area contributed by atoms with E-state index < -0.39 is 0 Å². The van der Waals surface area contributed by atoms with Crippen LogP contribution in [0.5, 0.6) is 0 Å². The van der Waals surface area contributed by atoms with E-state index in [0.29, 0.717) is 0 Å². The third-order valence-electron chi connectivity index (χ3n) is 2.58. The lowest BCUT2D eigenvalue weighted by Crippen LogP contribution is -2.19. The normalized spacial score (nSPS) is 9.81. The minimum Gasteiger partial charge on any atom is -0.315 e. The lowest BCUT2D eigenvalue weighted by molar-refractivity contribution is 0.829. The zero-order valence-corrected chi connectivity index (χ0v) is 10.5. The number of aryl methyl sites for hydroxylation is 2. The third kappa shape index (κ3) is 1.98. The van der Waals surface area contributed by atoms with Gasteiger partial charge >= 0.3 is 0 Å². The van der Waals surface area contributed by atoms with Gasteiger partial charge in [0, 0.05) is 18.9 Å². The van der Waals surface area contributed by atoms with Crippen LogP contribution < -0.4 is 5.56 Å². The number of hydrogen-bond donors (Lipinski definition) is 0. The average molecular weight is 218 g/mol. The van der Waals surface area contributed by atoms with Crippen molar-refractivity contribution < 1.29 is 0 Å². The monoisotopic (exact) mass is 218 g/mol. The van der Waals surface area contributed by atoms with E-state index in [1.165, 1.54) is 0 Å². The van der Waals surface area contributed by atoms with Crippen LogP contribution in [-0.4, -0.2) is 9.55 Å². The second-order valence-electron chi connectivity index (χ2n) is 3.51. The fourth-order valence-electron chi connectivity index (χ4n) is 1.63. The highest BCUT2D eigenvalue weighted by Gasteiger charge is 2.05. The fourth-order valence-corrected chi connectivity index (χ4v) is 1.63. The van der Waals surface area contributed by atoms with Crippen molar-refractivity contribution in [3.63, 3.8) is 0 Å². The van der Waals surface area contributed by atoms with Crippen LogP contribution in [0.4, 0.5) is 0 Å². The van der Waals surface area contributed by atoms with Gasteiger partial charge in [0.1, 0.15) is 0 Å². The van der Waals surface area contributed by atoms with E-state index in [0.717, 1.165) is 22.2 Å². The largest absolute Gasteiger partial charge is 0.315 e. The molecule has 0 saturated carbocycles. The summed E-state index contributed by atoms with van der Waals surface area (Å²) in [6.45, 7) is 7.79. The molecule has 0 unspecified atom stereocenters. The zero-order chi connectivity index (χ0) is 12.3. The van der Waals surface area contributed by atoms with Crippen LogP contribution in [0, 0.1) is 13.8 Å². The molecule has 0 aliphatic rings. The summed E-state index contributed by atoms with van der Waals surface area (Å²) in [5, 5.41) is 1.69. The van der Waals surface area contributed by atoms with Crippen LogP contribution in [-0.2, 0) is 7.05 Å². The molecule has 0 saturated heterocycles. The molecule has 86 valence electrons. The van der Waals surface area contributed by atoms with E-state index in [1.807, 2.05) is 39.8 Å². The Balaban J connectivity index is 0.000000606. The van der Waals surface area contributed by atoms with Gasteiger partial charge in [-0.15, -0.1) is 0 Å². The Kier molecular flexibility index (Phi) is 3.82. The molecule has 0 spiro atoms. The second-order valence-corrected chi connectivity index (χ2v) is 3.51. The summed E-state index contributed by atoms with van der Waals surface area (Å²) >= 11 is 0. The first-order valence-electron chi connectivity index (χ1n) is 5.53. The van der Waals surface area contributed by atoms with Gasteiger partial charge < -0.3 is 4.57 Å². The summed E-state index contributed by atoms with van der Waals surface area (Å²) < 4.78 is 1.65. The molecule has 0 aliphatic carbocycles. The van der Waals surface area contributed by atoms with Crippen LogP contribution in [0.3, 0.4) is 0 Å². The molecule has 0 N–H and O–H groups in total. The van der Waals surface area contributed by atoms with Gasteiger partial charge in [-0.05, 0) is 31.4 Å². The Morgan fingerprint density at radius 2 is 1.88 bits per heavy atom. The van der Waals surface area contributed by atoms with Gasteiger partial charge in [-0.2, -0.15) is 0 Å². The molecular formula is C13H18N2O. The predicted molar refractivity (Wildman–Crippen MR) is 67.8 cm³/mol. The van der Waals surface area contributed by atoms with E-state index in [2.05, 4.69) is 4.98 Å². The van der Waals surface area contributed by atoms with Crippen molar-refractivity contribution in [3.8, 4) is 0 Å². The van der Waals surface area contributed by atoms with Gasteiger partial charge in [0.25, 0.3) is 5.56 Å². The van der Waals surface area contributed by atoms with Crippen molar-refractivity contribution in [2.75, 3.05) is 0 Å². The number of hydrogen-bond acceptors (Lipinski definition) is 2. The number of fused-ring (bicyclic) bond motifs is 1. The SMILES string of the molecule is CC.Cc1nccc2cc(C)n(C)c(=O)c12. The molecule has 0 radical (unpaired) electrons. The summed E-state index contributed by atoms with van der Waals surface area (Å²) in [6.07, 6.45) is 1.73. The molecule has 0 aromatic carbocycles. The fraction of sp³-hybridized carbons (Fsp3) is 0.385. The highest BCUT2D eigenvalue weighted by atomic mass is 16.1. The first-order chi connectivity index (χ1) is 7.61. The van der Waals surface area contributed by atoms with Crippen molar-refractivity contribution in [1.29, 1.82) is 0 Å². The van der Waals surface area contributed by atoms with Crippen LogP contribution >= 0.6 is 0 Å². The van der Waals surface area contributed by atoms with Crippen molar-refractivity contribution in [2.45, 2.75) is 27.7 Å². The van der Waals surface area contributed by atoms with Crippen molar-refractivity contribution >= 4 is 10.8 Å². The molecule has 2 aromatic rings. The molecule has 0 aliphatic heterocycles. The maximum Gasteiger partial charge on any atom is 0.260 e. The topological polar surface area (TPSA) is 34.9 Å². The van der Waals surface area contributed by atoms with E-state index in [9.17, 15) is 4.79 Å². The minimum atomic E-state index is 0.0330. The van der Waals surface area contributed by atoms with Gasteiger partial charge in [0.2, 0.25) is 0 Å². The van der Waals surface area contributed by atoms with E-state index in [4.69, 9.17) is 0 Å². The van der Waals surface area contributed by atoms with Crippen molar-refractivity contribution in [1.82, 2.24) is 9.55 Å². The maximum atomic E-state index is 11.9. The molecular weight excluding hydrogens is 200 g/mol. The van der Waals surface area contributed by atoms with Crippen LogP contribution in [0.2, 0.25) is 0 Å². The number of rotatable bonds is 0. The molecule has 2 aromatic heterocycles. The van der Waals surface area contributed by atoms with Gasteiger partial charge in [-0.25, -0.2) is 0 Å². The molecule has 0 bridgehead atoms.